The molecule has 5 nitrogen and oxygen atoms in total. The zero-order chi connectivity index (χ0) is 11.4. The third-order valence-electron chi connectivity index (χ3n) is 2.02. The molecule has 0 radical (unpaired) electrons. The molecule has 0 amide bonds. The van der Waals surface area contributed by atoms with Gasteiger partial charge in [0.1, 0.15) is 24.0 Å². The van der Waals surface area contributed by atoms with Crippen molar-refractivity contribution in [3.63, 3.8) is 0 Å². The van der Waals surface area contributed by atoms with Crippen LogP contribution in [0.4, 0.5) is 0 Å². The summed E-state index contributed by atoms with van der Waals surface area (Å²) in [5.74, 6) is 1.14. The molecule has 0 aliphatic rings. The average molecular weight is 217 g/mol. The Balaban J connectivity index is 2.12. The Morgan fingerprint density at radius 3 is 3.06 bits per heavy atom. The van der Waals surface area contributed by atoms with Crippen LogP contribution in [0.1, 0.15) is 11.3 Å². The minimum atomic E-state index is -0.0446. The first-order chi connectivity index (χ1) is 7.77. The number of pyridine rings is 1. The Bertz CT molecular complexity index is 480. The van der Waals surface area contributed by atoms with E-state index in [-0.39, 0.29) is 5.84 Å². The minimum absolute atomic E-state index is 0.0446. The maximum absolute atomic E-state index is 7.38. The van der Waals surface area contributed by atoms with Gasteiger partial charge < -0.3 is 14.9 Å². The highest BCUT2D eigenvalue weighted by atomic mass is 16.5. The van der Waals surface area contributed by atoms with E-state index in [1.165, 1.54) is 6.20 Å². The van der Waals surface area contributed by atoms with E-state index in [4.69, 9.17) is 20.3 Å². The van der Waals surface area contributed by atoms with Crippen LogP contribution < -0.4 is 10.5 Å². The number of nitrogens with zero attached hydrogens (tertiary/aromatic N) is 1. The van der Waals surface area contributed by atoms with Crippen LogP contribution in [-0.2, 0) is 6.61 Å². The lowest BCUT2D eigenvalue weighted by Gasteiger charge is -2.08. The van der Waals surface area contributed by atoms with E-state index >= 15 is 0 Å². The number of hydrogen-bond acceptors (Lipinski definition) is 4. The van der Waals surface area contributed by atoms with Gasteiger partial charge in [0.25, 0.3) is 0 Å². The van der Waals surface area contributed by atoms with Crippen molar-refractivity contribution in [3.8, 4) is 5.75 Å². The van der Waals surface area contributed by atoms with E-state index in [0.717, 1.165) is 0 Å². The van der Waals surface area contributed by atoms with E-state index in [0.29, 0.717) is 23.7 Å². The molecule has 0 aromatic carbocycles. The van der Waals surface area contributed by atoms with Crippen molar-refractivity contribution >= 4 is 5.84 Å². The highest BCUT2D eigenvalue weighted by Crippen LogP contribution is 2.17. The van der Waals surface area contributed by atoms with Gasteiger partial charge in [0.05, 0.1) is 18.0 Å². The van der Waals surface area contributed by atoms with Crippen LogP contribution in [-0.4, -0.2) is 10.8 Å². The van der Waals surface area contributed by atoms with E-state index in [1.54, 1.807) is 24.6 Å². The number of nitrogens with two attached hydrogens (primary N) is 1. The summed E-state index contributed by atoms with van der Waals surface area (Å²) in [6.07, 6.45) is 4.67. The largest absolute Gasteiger partial charge is 0.483 e. The molecule has 0 aliphatic heterocycles. The average Bonchev–Trinajstić information content (AvgIpc) is 2.79. The second-order valence-electron chi connectivity index (χ2n) is 3.15. The lowest BCUT2D eigenvalue weighted by Crippen LogP contribution is -2.13. The summed E-state index contributed by atoms with van der Waals surface area (Å²) >= 11 is 0. The van der Waals surface area contributed by atoms with Gasteiger partial charge in [-0.3, -0.25) is 10.4 Å². The van der Waals surface area contributed by atoms with Crippen LogP contribution in [0.2, 0.25) is 0 Å². The number of nitrogen functional groups attached to an aromatic ring is 1. The Labute approximate surface area is 92.4 Å². The predicted molar refractivity (Wildman–Crippen MR) is 58.3 cm³/mol. The SMILES string of the molecule is N=C(N)c1ccncc1OCc1ccco1. The van der Waals surface area contributed by atoms with Crippen LogP contribution in [0.15, 0.2) is 41.3 Å². The third-order valence-corrected chi connectivity index (χ3v) is 2.02. The third kappa shape index (κ3) is 2.20. The lowest BCUT2D eigenvalue weighted by atomic mass is 10.2. The molecule has 2 rings (SSSR count). The van der Waals surface area contributed by atoms with Crippen LogP contribution in [0.3, 0.4) is 0 Å². The van der Waals surface area contributed by atoms with Crippen molar-refractivity contribution < 1.29 is 9.15 Å². The Morgan fingerprint density at radius 2 is 2.38 bits per heavy atom. The molecule has 16 heavy (non-hydrogen) atoms. The van der Waals surface area contributed by atoms with Crippen LogP contribution >= 0.6 is 0 Å². The molecule has 0 spiro atoms. The first-order valence-corrected chi connectivity index (χ1v) is 4.71. The fraction of sp³-hybridized carbons (Fsp3) is 0.0909. The molecule has 0 fully saturated rings. The molecule has 3 N–H and O–H groups in total. The summed E-state index contributed by atoms with van der Waals surface area (Å²) < 4.78 is 10.6. The zero-order valence-corrected chi connectivity index (χ0v) is 8.51. The van der Waals surface area contributed by atoms with Gasteiger partial charge in [-0.1, -0.05) is 0 Å². The summed E-state index contributed by atoms with van der Waals surface area (Å²) in [5, 5.41) is 7.38. The van der Waals surface area contributed by atoms with Crippen LogP contribution in [0.25, 0.3) is 0 Å². The van der Waals surface area contributed by atoms with Crippen molar-refractivity contribution in [2.45, 2.75) is 6.61 Å². The number of nitrogens with one attached hydrogen (secondary N) is 1. The van der Waals surface area contributed by atoms with Gasteiger partial charge >= 0.3 is 0 Å². The Kier molecular flexibility index (Phi) is 2.86. The fourth-order valence-corrected chi connectivity index (χ4v) is 1.26. The Hall–Kier alpha value is -2.30. The topological polar surface area (TPSA) is 85.1 Å². The molecule has 0 atom stereocenters. The van der Waals surface area contributed by atoms with Gasteiger partial charge in [-0.15, -0.1) is 0 Å². The van der Waals surface area contributed by atoms with Crippen LogP contribution in [0, 0.1) is 5.41 Å². The van der Waals surface area contributed by atoms with Gasteiger partial charge in [0, 0.05) is 6.20 Å². The molecule has 0 saturated carbocycles. The van der Waals surface area contributed by atoms with Gasteiger partial charge in [-0.25, -0.2) is 0 Å². The first kappa shape index (κ1) is 10.2. The standard InChI is InChI=1S/C11H11N3O2/c12-11(13)9-3-4-14-6-10(9)16-7-8-2-1-5-15-8/h1-6H,7H2,(H3,12,13). The highest BCUT2D eigenvalue weighted by Gasteiger charge is 2.06. The first-order valence-electron chi connectivity index (χ1n) is 4.71. The normalized spacial score (nSPS) is 10.0. The summed E-state index contributed by atoms with van der Waals surface area (Å²) in [6, 6.07) is 5.23. The van der Waals surface area contributed by atoms with Crippen molar-refractivity contribution in [2.24, 2.45) is 5.73 Å². The summed E-state index contributed by atoms with van der Waals surface area (Å²) in [7, 11) is 0. The summed E-state index contributed by atoms with van der Waals surface area (Å²) in [4.78, 5) is 3.92. The van der Waals surface area contributed by atoms with E-state index < -0.39 is 0 Å². The van der Waals surface area contributed by atoms with Gasteiger partial charge in [0.2, 0.25) is 0 Å². The fourth-order valence-electron chi connectivity index (χ4n) is 1.26. The van der Waals surface area contributed by atoms with E-state index in [2.05, 4.69) is 4.98 Å². The summed E-state index contributed by atoms with van der Waals surface area (Å²) in [6.45, 7) is 0.291. The Morgan fingerprint density at radius 1 is 1.50 bits per heavy atom. The van der Waals surface area contributed by atoms with Crippen molar-refractivity contribution in [3.05, 3.63) is 48.2 Å². The second-order valence-corrected chi connectivity index (χ2v) is 3.15. The molecule has 82 valence electrons. The van der Waals surface area contributed by atoms with E-state index in [1.807, 2.05) is 6.07 Å². The van der Waals surface area contributed by atoms with Crippen molar-refractivity contribution in [1.29, 1.82) is 5.41 Å². The number of furan rings is 1. The second kappa shape index (κ2) is 4.48. The minimum Gasteiger partial charge on any atom is -0.483 e. The van der Waals surface area contributed by atoms with Crippen LogP contribution in [0.5, 0.6) is 5.75 Å². The van der Waals surface area contributed by atoms with Crippen molar-refractivity contribution in [2.75, 3.05) is 0 Å². The summed E-state index contributed by atoms with van der Waals surface area (Å²) in [5.41, 5.74) is 5.94. The lowest BCUT2D eigenvalue weighted by molar-refractivity contribution is 0.269. The maximum atomic E-state index is 7.38. The molecule has 0 unspecified atom stereocenters. The zero-order valence-electron chi connectivity index (χ0n) is 8.51. The number of hydrogen-bond donors (Lipinski definition) is 2. The molecule has 2 aromatic heterocycles. The molecule has 0 bridgehead atoms. The number of aromatic nitrogens is 1. The molecule has 0 aliphatic carbocycles. The highest BCUT2D eigenvalue weighted by molar-refractivity contribution is 5.97. The monoisotopic (exact) mass is 217 g/mol. The van der Waals surface area contributed by atoms with Crippen molar-refractivity contribution in [1.82, 2.24) is 4.98 Å². The van der Waals surface area contributed by atoms with E-state index in [9.17, 15) is 0 Å². The quantitative estimate of drug-likeness (QED) is 0.600. The molecular formula is C11H11N3O2. The number of amidine groups is 1. The number of ether oxygens (including phenoxy) is 1. The molecule has 5 heteroatoms. The smallest absolute Gasteiger partial charge is 0.149 e. The molecule has 2 aromatic rings. The maximum Gasteiger partial charge on any atom is 0.149 e. The molecule has 2 heterocycles. The molecule has 0 saturated heterocycles. The van der Waals surface area contributed by atoms with Gasteiger partial charge in [-0.05, 0) is 18.2 Å². The van der Waals surface area contributed by atoms with Gasteiger partial charge in [0.15, 0.2) is 0 Å². The molecular weight excluding hydrogens is 206 g/mol. The van der Waals surface area contributed by atoms with Gasteiger partial charge in [-0.2, -0.15) is 0 Å². The predicted octanol–water partition coefficient (Wildman–Crippen LogP) is 1.54. The number of rotatable bonds is 4.